The molecule has 2 N–H and O–H groups in total. The number of benzene rings is 4. The van der Waals surface area contributed by atoms with Crippen molar-refractivity contribution in [2.75, 3.05) is 13.1 Å². The number of esters is 1. The van der Waals surface area contributed by atoms with Gasteiger partial charge in [-0.1, -0.05) is 79.7 Å². The van der Waals surface area contributed by atoms with Crippen LogP contribution < -0.4 is 5.32 Å². The molecule has 5 atom stereocenters. The molecule has 4 aromatic rings. The molecule has 2 saturated heterocycles. The highest BCUT2D eigenvalue weighted by Gasteiger charge is 2.42. The van der Waals surface area contributed by atoms with Crippen molar-refractivity contribution in [2.45, 2.75) is 83.8 Å². The Morgan fingerprint density at radius 2 is 1.47 bits per heavy atom. The van der Waals surface area contributed by atoms with Gasteiger partial charge in [-0.05, 0) is 68.0 Å². The Bertz CT molecular complexity index is 1990. The van der Waals surface area contributed by atoms with Crippen molar-refractivity contribution in [1.29, 1.82) is 0 Å². The van der Waals surface area contributed by atoms with Crippen LogP contribution in [0.4, 0.5) is 22.0 Å². The minimum Gasteiger partial charge on any atom is -0.459 e. The average Bonchev–Trinajstić information content (AvgIpc) is 3.64. The number of aliphatic hydroxyl groups excluding tert-OH is 1. The number of nitrogens with zero attached hydrogens (tertiary/aromatic N) is 1. The van der Waals surface area contributed by atoms with Gasteiger partial charge in [0.05, 0.1) is 18.8 Å². The third kappa shape index (κ3) is 8.75. The van der Waals surface area contributed by atoms with E-state index in [0.717, 1.165) is 17.5 Å². The van der Waals surface area contributed by atoms with E-state index in [2.05, 4.69) is 17.1 Å². The minimum atomic E-state index is -2.35. The fourth-order valence-corrected chi connectivity index (χ4v) is 7.08. The highest BCUT2D eigenvalue weighted by Crippen LogP contribution is 2.43. The van der Waals surface area contributed by atoms with Crippen LogP contribution >= 0.6 is 0 Å². The molecule has 292 valence electrons. The van der Waals surface area contributed by atoms with Crippen molar-refractivity contribution in [2.24, 2.45) is 5.92 Å². The van der Waals surface area contributed by atoms with Gasteiger partial charge < -0.3 is 24.6 Å². The van der Waals surface area contributed by atoms with E-state index in [9.17, 15) is 36.6 Å². The number of carbonyl (C=O) groups excluding carboxylic acids is 2. The predicted molar refractivity (Wildman–Crippen MR) is 193 cm³/mol. The fourth-order valence-electron chi connectivity index (χ4n) is 7.08. The summed E-state index contributed by atoms with van der Waals surface area (Å²) in [4.78, 5) is 27.9. The van der Waals surface area contributed by atoms with Crippen LogP contribution in [0.3, 0.4) is 0 Å². The van der Waals surface area contributed by atoms with Gasteiger partial charge in [0.15, 0.2) is 29.6 Å². The highest BCUT2D eigenvalue weighted by atomic mass is 19.2. The number of likely N-dealkylation sites (tertiary alicyclic amines) is 1. The lowest BCUT2D eigenvalue weighted by Gasteiger charge is -2.43. The lowest BCUT2D eigenvalue weighted by Crippen LogP contribution is -2.48. The molecule has 2 aliphatic heterocycles. The largest absolute Gasteiger partial charge is 0.459 e. The van der Waals surface area contributed by atoms with Gasteiger partial charge in [-0.2, -0.15) is 0 Å². The number of amides is 1. The average molecular weight is 767 g/mol. The molecule has 8 nitrogen and oxygen atoms in total. The number of aliphatic hydroxyl groups is 1. The molecule has 0 radical (unpaired) electrons. The molecule has 13 heteroatoms. The summed E-state index contributed by atoms with van der Waals surface area (Å²) in [7, 11) is 0. The van der Waals surface area contributed by atoms with E-state index in [1.807, 2.05) is 69.3 Å². The van der Waals surface area contributed by atoms with Crippen molar-refractivity contribution in [3.63, 3.8) is 0 Å². The number of hydrogen-bond acceptors (Lipinski definition) is 7. The molecular weight excluding hydrogens is 723 g/mol. The second kappa shape index (κ2) is 16.6. The summed E-state index contributed by atoms with van der Waals surface area (Å²) < 4.78 is 88.6. The number of nitrogens with one attached hydrogen (secondary N) is 1. The lowest BCUT2D eigenvalue weighted by atomic mass is 9.89. The maximum Gasteiger partial charge on any atom is 0.323 e. The van der Waals surface area contributed by atoms with Crippen LogP contribution in [0.15, 0.2) is 72.8 Å². The van der Waals surface area contributed by atoms with Gasteiger partial charge in [0, 0.05) is 24.6 Å². The van der Waals surface area contributed by atoms with Gasteiger partial charge >= 0.3 is 5.97 Å². The molecule has 6 rings (SSSR count). The summed E-state index contributed by atoms with van der Waals surface area (Å²) in [5.74, 6) is -13.0. The molecule has 2 aliphatic rings. The van der Waals surface area contributed by atoms with E-state index >= 15 is 0 Å². The quantitative estimate of drug-likeness (QED) is 0.0730. The monoisotopic (exact) mass is 766 g/mol. The van der Waals surface area contributed by atoms with Gasteiger partial charge in [0.25, 0.3) is 5.91 Å². The number of hydrogen-bond donors (Lipinski definition) is 2. The van der Waals surface area contributed by atoms with E-state index in [4.69, 9.17) is 14.2 Å². The maximum atomic E-state index is 14.3. The van der Waals surface area contributed by atoms with Crippen molar-refractivity contribution in [1.82, 2.24) is 10.2 Å². The molecular formula is C42H43F5N2O6. The number of rotatable bonds is 10. The maximum absolute atomic E-state index is 14.3. The molecule has 0 unspecified atom stereocenters. The SMILES string of the molecule is C[C@@H]1[C@H](CN2CCC[C@H]2C(=O)OC(C)(C)C)O[C@H](c2ccc(-c3ccccc3CNC(=O)c3c(F)c(F)c(F)c(F)c3F)cc2)O[C@@H]1c1ccc(CO)cc1. The fraction of sp³-hybridized carbons (Fsp3) is 0.381. The van der Waals surface area contributed by atoms with Crippen molar-refractivity contribution >= 4 is 11.9 Å². The Balaban J connectivity index is 1.23. The van der Waals surface area contributed by atoms with Crippen molar-refractivity contribution in [3.05, 3.63) is 130 Å². The van der Waals surface area contributed by atoms with Crippen LogP contribution in [-0.4, -0.2) is 52.7 Å². The van der Waals surface area contributed by atoms with Crippen LogP contribution in [0.1, 0.15) is 85.5 Å². The Morgan fingerprint density at radius 3 is 2.11 bits per heavy atom. The summed E-state index contributed by atoms with van der Waals surface area (Å²) in [6.45, 7) is 8.41. The third-order valence-corrected chi connectivity index (χ3v) is 9.97. The summed E-state index contributed by atoms with van der Waals surface area (Å²) >= 11 is 0. The Labute approximate surface area is 316 Å². The molecule has 0 aromatic heterocycles. The number of carbonyl (C=O) groups is 2. The zero-order chi connectivity index (χ0) is 39.6. The summed E-state index contributed by atoms with van der Waals surface area (Å²) in [5, 5.41) is 11.9. The van der Waals surface area contributed by atoms with Gasteiger partial charge in [-0.25, -0.2) is 22.0 Å². The third-order valence-electron chi connectivity index (χ3n) is 9.97. The molecule has 0 spiro atoms. The number of ether oxygens (including phenoxy) is 3. The predicted octanol–water partition coefficient (Wildman–Crippen LogP) is 8.07. The van der Waals surface area contributed by atoms with E-state index in [1.165, 1.54) is 0 Å². The van der Waals surface area contributed by atoms with Crippen LogP contribution in [0, 0.1) is 35.0 Å². The first-order valence-corrected chi connectivity index (χ1v) is 18.1. The van der Waals surface area contributed by atoms with Gasteiger partial charge in [0.2, 0.25) is 5.82 Å². The Hall–Kier alpha value is -4.69. The summed E-state index contributed by atoms with van der Waals surface area (Å²) in [5.41, 5.74) is 2.07. The molecule has 2 fully saturated rings. The van der Waals surface area contributed by atoms with Crippen molar-refractivity contribution in [3.8, 4) is 11.1 Å². The normalized spacial score (nSPS) is 21.7. The topological polar surface area (TPSA) is 97.3 Å². The Morgan fingerprint density at radius 1 is 0.855 bits per heavy atom. The van der Waals surface area contributed by atoms with E-state index in [1.54, 1.807) is 24.3 Å². The van der Waals surface area contributed by atoms with Crippen molar-refractivity contribution < 1.29 is 50.9 Å². The van der Waals surface area contributed by atoms with Crippen LogP contribution in [0.25, 0.3) is 11.1 Å². The van der Waals surface area contributed by atoms with Crippen LogP contribution in [-0.2, 0) is 32.2 Å². The van der Waals surface area contributed by atoms with Gasteiger partial charge in [0.1, 0.15) is 17.2 Å². The minimum absolute atomic E-state index is 0.0934. The second-order valence-electron chi connectivity index (χ2n) is 14.9. The molecule has 0 saturated carbocycles. The first-order valence-electron chi connectivity index (χ1n) is 18.1. The summed E-state index contributed by atoms with van der Waals surface area (Å²) in [6.07, 6.45) is 0.00921. The van der Waals surface area contributed by atoms with Gasteiger partial charge in [-0.3, -0.25) is 14.5 Å². The van der Waals surface area contributed by atoms with Crippen LogP contribution in [0.2, 0.25) is 0 Å². The standard InChI is InChI=1S/C42H43F5N2O6/c1-23-31(21-49-19-7-10-30(49)40(52)55-42(2,3)4)53-41(54-38(23)26-13-11-24(22-50)12-14-26)27-17-15-25(16-18-27)29-9-6-5-8-28(29)20-48-39(51)32-33(43)35(45)37(47)36(46)34(32)44/h5-6,8-9,11-18,23,30-31,38,41,50H,7,10,19-22H2,1-4H3,(H,48,51)/t23-,30+,31+,38+,41+/m1/s1. The Kier molecular flexibility index (Phi) is 12.1. The zero-order valence-electron chi connectivity index (χ0n) is 30.9. The van der Waals surface area contributed by atoms with Crippen LogP contribution in [0.5, 0.6) is 0 Å². The molecule has 4 aromatic carbocycles. The molecule has 2 heterocycles. The second-order valence-corrected chi connectivity index (χ2v) is 14.9. The van der Waals surface area contributed by atoms with Gasteiger partial charge in [-0.15, -0.1) is 0 Å². The molecule has 0 aliphatic carbocycles. The molecule has 1 amide bonds. The first kappa shape index (κ1) is 40.0. The highest BCUT2D eigenvalue weighted by molar-refractivity contribution is 5.95. The zero-order valence-corrected chi connectivity index (χ0v) is 30.9. The lowest BCUT2D eigenvalue weighted by molar-refractivity contribution is -0.276. The summed E-state index contributed by atoms with van der Waals surface area (Å²) in [6, 6.07) is 21.4. The van der Waals surface area contributed by atoms with E-state index < -0.39 is 52.4 Å². The first-order chi connectivity index (χ1) is 26.2. The van der Waals surface area contributed by atoms with E-state index in [-0.39, 0.29) is 43.3 Å². The van der Waals surface area contributed by atoms with E-state index in [0.29, 0.717) is 41.8 Å². The smallest absolute Gasteiger partial charge is 0.323 e. The molecule has 0 bridgehead atoms. The number of halogens is 5. The molecule has 55 heavy (non-hydrogen) atoms.